The zero-order valence-electron chi connectivity index (χ0n) is 11.5. The Morgan fingerprint density at radius 1 is 1.33 bits per heavy atom. The van der Waals surface area contributed by atoms with Gasteiger partial charge in [-0.05, 0) is 42.8 Å². The van der Waals surface area contributed by atoms with E-state index in [1.807, 2.05) is 54.1 Å². The van der Waals surface area contributed by atoms with Crippen molar-refractivity contribution in [1.82, 2.24) is 9.55 Å². The van der Waals surface area contributed by atoms with Crippen LogP contribution in [0.15, 0.2) is 53.3 Å². The zero-order chi connectivity index (χ0) is 14.8. The van der Waals surface area contributed by atoms with E-state index >= 15 is 0 Å². The maximum Gasteiger partial charge on any atom is 0.245 e. The number of carbonyl (C=O) groups is 1. The number of hydrogen-bond donors (Lipinski definition) is 1. The van der Waals surface area contributed by atoms with E-state index in [0.717, 1.165) is 20.9 Å². The predicted octanol–water partition coefficient (Wildman–Crippen LogP) is 3.75. The molecule has 0 aliphatic carbocycles. The van der Waals surface area contributed by atoms with Crippen LogP contribution >= 0.6 is 15.9 Å². The van der Waals surface area contributed by atoms with E-state index in [9.17, 15) is 4.79 Å². The van der Waals surface area contributed by atoms with Crippen molar-refractivity contribution in [3.63, 3.8) is 0 Å². The number of aryl methyl sites for hydroxylation is 1. The van der Waals surface area contributed by atoms with Crippen molar-refractivity contribution in [2.75, 3.05) is 5.32 Å². The standard InChI is InChI=1S/C16H14BrN3O/c1-11-3-2-7-18-16(11)19-15(21)10-20-8-6-12-9-13(17)4-5-14(12)20/h2-9H,10H2,1H3,(H,18,19,21). The van der Waals surface area contributed by atoms with Gasteiger partial charge in [0.25, 0.3) is 0 Å². The summed E-state index contributed by atoms with van der Waals surface area (Å²) in [6.07, 6.45) is 3.59. The van der Waals surface area contributed by atoms with Crippen LogP contribution in [0.3, 0.4) is 0 Å². The molecular weight excluding hydrogens is 330 g/mol. The third-order valence-corrected chi connectivity index (χ3v) is 3.81. The Hall–Kier alpha value is -2.14. The Bertz CT molecular complexity index is 810. The van der Waals surface area contributed by atoms with Gasteiger partial charge in [-0.3, -0.25) is 4.79 Å². The molecule has 106 valence electrons. The molecule has 0 saturated carbocycles. The van der Waals surface area contributed by atoms with E-state index in [2.05, 4.69) is 26.2 Å². The summed E-state index contributed by atoms with van der Waals surface area (Å²) in [7, 11) is 0. The number of hydrogen-bond acceptors (Lipinski definition) is 2. The smallest absolute Gasteiger partial charge is 0.245 e. The first-order chi connectivity index (χ1) is 10.1. The van der Waals surface area contributed by atoms with Crippen LogP contribution in [0.5, 0.6) is 0 Å². The molecule has 0 spiro atoms. The fourth-order valence-electron chi connectivity index (χ4n) is 2.25. The maximum absolute atomic E-state index is 12.2. The lowest BCUT2D eigenvalue weighted by Crippen LogP contribution is -2.19. The third-order valence-electron chi connectivity index (χ3n) is 3.31. The number of rotatable bonds is 3. The quantitative estimate of drug-likeness (QED) is 0.787. The van der Waals surface area contributed by atoms with Gasteiger partial charge in [-0.25, -0.2) is 4.98 Å². The number of halogens is 1. The van der Waals surface area contributed by atoms with Crippen molar-refractivity contribution in [2.45, 2.75) is 13.5 Å². The zero-order valence-corrected chi connectivity index (χ0v) is 13.1. The second-order valence-electron chi connectivity index (χ2n) is 4.86. The van der Waals surface area contributed by atoms with Gasteiger partial charge in [0, 0.05) is 27.8 Å². The molecule has 0 fully saturated rings. The van der Waals surface area contributed by atoms with Gasteiger partial charge in [0.05, 0.1) is 0 Å². The first-order valence-electron chi connectivity index (χ1n) is 6.59. The molecule has 2 aromatic heterocycles. The van der Waals surface area contributed by atoms with Gasteiger partial charge in [0.2, 0.25) is 5.91 Å². The van der Waals surface area contributed by atoms with Crippen LogP contribution in [0, 0.1) is 6.92 Å². The lowest BCUT2D eigenvalue weighted by Gasteiger charge is -2.08. The molecule has 1 N–H and O–H groups in total. The van der Waals surface area contributed by atoms with E-state index in [1.54, 1.807) is 6.20 Å². The average Bonchev–Trinajstić information content (AvgIpc) is 2.83. The van der Waals surface area contributed by atoms with E-state index < -0.39 is 0 Å². The molecular formula is C16H14BrN3O. The molecule has 0 bridgehead atoms. The number of carbonyl (C=O) groups excluding carboxylic acids is 1. The summed E-state index contributed by atoms with van der Waals surface area (Å²) >= 11 is 3.45. The van der Waals surface area contributed by atoms with Crippen LogP contribution in [0.2, 0.25) is 0 Å². The lowest BCUT2D eigenvalue weighted by molar-refractivity contribution is -0.116. The van der Waals surface area contributed by atoms with Crippen molar-refractivity contribution < 1.29 is 4.79 Å². The number of pyridine rings is 1. The summed E-state index contributed by atoms with van der Waals surface area (Å²) in [6, 6.07) is 11.8. The number of amides is 1. The molecule has 1 aromatic carbocycles. The van der Waals surface area contributed by atoms with E-state index in [1.165, 1.54) is 0 Å². The van der Waals surface area contributed by atoms with Gasteiger partial charge in [-0.15, -0.1) is 0 Å². The first-order valence-corrected chi connectivity index (χ1v) is 7.38. The Morgan fingerprint density at radius 2 is 2.19 bits per heavy atom. The number of fused-ring (bicyclic) bond motifs is 1. The maximum atomic E-state index is 12.2. The largest absolute Gasteiger partial charge is 0.338 e. The van der Waals surface area contributed by atoms with Gasteiger partial charge >= 0.3 is 0 Å². The minimum atomic E-state index is -0.0859. The second kappa shape index (κ2) is 5.69. The van der Waals surface area contributed by atoms with Crippen molar-refractivity contribution in [3.8, 4) is 0 Å². The Kier molecular flexibility index (Phi) is 3.75. The topological polar surface area (TPSA) is 46.9 Å². The van der Waals surface area contributed by atoms with Crippen LogP contribution in [0.4, 0.5) is 5.82 Å². The molecule has 3 aromatic rings. The minimum absolute atomic E-state index is 0.0859. The highest BCUT2D eigenvalue weighted by Gasteiger charge is 2.08. The first kappa shape index (κ1) is 13.8. The molecule has 0 saturated heterocycles. The van der Waals surface area contributed by atoms with Gasteiger partial charge in [-0.2, -0.15) is 0 Å². The average molecular weight is 344 g/mol. The Morgan fingerprint density at radius 3 is 3.00 bits per heavy atom. The molecule has 0 unspecified atom stereocenters. The normalized spacial score (nSPS) is 10.8. The predicted molar refractivity (Wildman–Crippen MR) is 87.2 cm³/mol. The van der Waals surface area contributed by atoms with Gasteiger partial charge in [0.1, 0.15) is 12.4 Å². The number of nitrogens with zero attached hydrogens (tertiary/aromatic N) is 2. The fourth-order valence-corrected chi connectivity index (χ4v) is 2.63. The highest BCUT2D eigenvalue weighted by atomic mass is 79.9. The minimum Gasteiger partial charge on any atom is -0.338 e. The lowest BCUT2D eigenvalue weighted by atomic mass is 10.2. The molecule has 1 amide bonds. The highest BCUT2D eigenvalue weighted by Crippen LogP contribution is 2.21. The molecule has 0 aliphatic heterocycles. The Labute approximate surface area is 130 Å². The number of benzene rings is 1. The summed E-state index contributed by atoms with van der Waals surface area (Å²) in [6.45, 7) is 2.19. The summed E-state index contributed by atoms with van der Waals surface area (Å²) in [5.41, 5.74) is 1.98. The second-order valence-corrected chi connectivity index (χ2v) is 5.78. The van der Waals surface area contributed by atoms with Crippen molar-refractivity contribution in [2.24, 2.45) is 0 Å². The monoisotopic (exact) mass is 343 g/mol. The van der Waals surface area contributed by atoms with Crippen LogP contribution in [-0.4, -0.2) is 15.5 Å². The summed E-state index contributed by atoms with van der Waals surface area (Å²) < 4.78 is 2.95. The fraction of sp³-hybridized carbons (Fsp3) is 0.125. The molecule has 2 heterocycles. The van der Waals surface area contributed by atoms with Gasteiger partial charge < -0.3 is 9.88 Å². The molecule has 21 heavy (non-hydrogen) atoms. The van der Waals surface area contributed by atoms with E-state index in [0.29, 0.717) is 5.82 Å². The number of aromatic nitrogens is 2. The molecule has 4 nitrogen and oxygen atoms in total. The van der Waals surface area contributed by atoms with E-state index in [4.69, 9.17) is 0 Å². The van der Waals surface area contributed by atoms with Crippen LogP contribution < -0.4 is 5.32 Å². The SMILES string of the molecule is Cc1cccnc1NC(=O)Cn1ccc2cc(Br)ccc21. The molecule has 5 heteroatoms. The van der Waals surface area contributed by atoms with Crippen molar-refractivity contribution in [3.05, 3.63) is 58.8 Å². The van der Waals surface area contributed by atoms with Crippen LogP contribution in [0.1, 0.15) is 5.56 Å². The van der Waals surface area contributed by atoms with Crippen LogP contribution in [-0.2, 0) is 11.3 Å². The summed E-state index contributed by atoms with van der Waals surface area (Å²) in [5.74, 6) is 0.527. The molecule has 0 radical (unpaired) electrons. The molecule has 3 rings (SSSR count). The van der Waals surface area contributed by atoms with Crippen LogP contribution in [0.25, 0.3) is 10.9 Å². The van der Waals surface area contributed by atoms with Crippen molar-refractivity contribution >= 4 is 38.6 Å². The summed E-state index contributed by atoms with van der Waals surface area (Å²) in [5, 5.41) is 3.95. The molecule has 0 atom stereocenters. The number of anilines is 1. The van der Waals surface area contributed by atoms with E-state index in [-0.39, 0.29) is 12.5 Å². The van der Waals surface area contributed by atoms with Gasteiger partial charge in [-0.1, -0.05) is 22.0 Å². The van der Waals surface area contributed by atoms with Crippen molar-refractivity contribution in [1.29, 1.82) is 0 Å². The highest BCUT2D eigenvalue weighted by molar-refractivity contribution is 9.10. The Balaban J connectivity index is 1.79. The third kappa shape index (κ3) is 2.97. The number of nitrogens with one attached hydrogen (secondary N) is 1. The van der Waals surface area contributed by atoms with Gasteiger partial charge in [0.15, 0.2) is 0 Å². The molecule has 0 aliphatic rings. The summed E-state index contributed by atoms with van der Waals surface area (Å²) in [4.78, 5) is 16.3.